The van der Waals surface area contributed by atoms with Gasteiger partial charge in [0, 0.05) is 0 Å². The van der Waals surface area contributed by atoms with E-state index < -0.39 is 5.41 Å². The lowest BCUT2D eigenvalue weighted by Gasteiger charge is -2.40. The second-order valence-electron chi connectivity index (χ2n) is 4.80. The molecule has 0 aliphatic carbocycles. The minimum Gasteiger partial charge on any atom is -0.454 e. The lowest BCUT2D eigenvalue weighted by atomic mass is 9.76. The summed E-state index contributed by atoms with van der Waals surface area (Å²) in [4.78, 5) is 0. The van der Waals surface area contributed by atoms with Crippen molar-refractivity contribution in [1.29, 1.82) is 5.26 Å². The van der Waals surface area contributed by atoms with Crippen molar-refractivity contribution < 1.29 is 14.2 Å². The molecule has 1 aromatic carbocycles. The van der Waals surface area contributed by atoms with Crippen molar-refractivity contribution in [3.05, 3.63) is 23.3 Å². The summed E-state index contributed by atoms with van der Waals surface area (Å²) < 4.78 is 15.8. The van der Waals surface area contributed by atoms with Crippen LogP contribution in [-0.2, 0) is 4.74 Å². The average molecular weight is 246 g/mol. The molecule has 5 heteroatoms. The van der Waals surface area contributed by atoms with E-state index in [1.54, 1.807) is 0 Å². The Kier molecular flexibility index (Phi) is 2.44. The maximum Gasteiger partial charge on any atom is 0.231 e. The van der Waals surface area contributed by atoms with E-state index in [0.29, 0.717) is 19.0 Å². The Balaban J connectivity index is 2.00. The van der Waals surface area contributed by atoms with Gasteiger partial charge in [-0.25, -0.2) is 0 Å². The minimum absolute atomic E-state index is 0.236. The highest BCUT2D eigenvalue weighted by Gasteiger charge is 2.46. The summed E-state index contributed by atoms with van der Waals surface area (Å²) in [5.41, 5.74) is 7.56. The van der Waals surface area contributed by atoms with Gasteiger partial charge in [-0.1, -0.05) is 0 Å². The van der Waals surface area contributed by atoms with Gasteiger partial charge in [-0.3, -0.25) is 0 Å². The predicted octanol–water partition coefficient (Wildman–Crippen LogP) is 1.26. The first-order chi connectivity index (χ1) is 8.66. The number of hydrogen-bond acceptors (Lipinski definition) is 5. The molecule has 0 radical (unpaired) electrons. The Morgan fingerprint density at radius 1 is 1.33 bits per heavy atom. The third kappa shape index (κ3) is 1.47. The van der Waals surface area contributed by atoms with E-state index in [4.69, 9.17) is 19.9 Å². The first kappa shape index (κ1) is 11.3. The maximum absolute atomic E-state index is 9.29. The van der Waals surface area contributed by atoms with Crippen LogP contribution in [-0.4, -0.2) is 20.0 Å². The SMILES string of the molecule is Cc1cc2c(cc1C(N)C1(C#N)COC1)OCO2. The van der Waals surface area contributed by atoms with E-state index >= 15 is 0 Å². The molecule has 3 rings (SSSR count). The average Bonchev–Trinajstić information content (AvgIpc) is 2.74. The predicted molar refractivity (Wildman–Crippen MR) is 63.1 cm³/mol. The van der Waals surface area contributed by atoms with E-state index in [0.717, 1.165) is 16.9 Å². The lowest BCUT2D eigenvalue weighted by molar-refractivity contribution is -0.0911. The van der Waals surface area contributed by atoms with Crippen molar-refractivity contribution in [2.75, 3.05) is 20.0 Å². The number of fused-ring (bicyclic) bond motifs is 1. The monoisotopic (exact) mass is 246 g/mol. The third-order valence-corrected chi connectivity index (χ3v) is 3.63. The highest BCUT2D eigenvalue weighted by atomic mass is 16.7. The molecule has 0 aromatic heterocycles. The molecule has 0 bridgehead atoms. The number of ether oxygens (including phenoxy) is 3. The van der Waals surface area contributed by atoms with Crippen LogP contribution in [0.1, 0.15) is 17.2 Å². The first-order valence-corrected chi connectivity index (χ1v) is 5.81. The molecule has 1 fully saturated rings. The van der Waals surface area contributed by atoms with Gasteiger partial charge in [-0.05, 0) is 30.2 Å². The summed E-state index contributed by atoms with van der Waals surface area (Å²) in [7, 11) is 0. The zero-order chi connectivity index (χ0) is 12.8. The number of rotatable bonds is 2. The molecule has 1 aromatic rings. The highest BCUT2D eigenvalue weighted by Crippen LogP contribution is 2.43. The van der Waals surface area contributed by atoms with Gasteiger partial charge in [0.1, 0.15) is 5.41 Å². The second-order valence-corrected chi connectivity index (χ2v) is 4.80. The van der Waals surface area contributed by atoms with Gasteiger partial charge in [-0.15, -0.1) is 0 Å². The topological polar surface area (TPSA) is 77.5 Å². The molecular weight excluding hydrogens is 232 g/mol. The molecule has 1 unspecified atom stereocenters. The fourth-order valence-corrected chi connectivity index (χ4v) is 2.33. The Bertz CT molecular complexity index is 532. The van der Waals surface area contributed by atoms with Gasteiger partial charge >= 0.3 is 0 Å². The van der Waals surface area contributed by atoms with Crippen LogP contribution in [0.2, 0.25) is 0 Å². The fourth-order valence-electron chi connectivity index (χ4n) is 2.33. The standard InChI is InChI=1S/C13H14N2O3/c1-8-2-10-11(18-7-17-10)3-9(8)12(15)13(4-14)5-16-6-13/h2-3,12H,5-7,15H2,1H3. The van der Waals surface area contributed by atoms with Gasteiger partial charge in [0.05, 0.1) is 25.3 Å². The first-order valence-electron chi connectivity index (χ1n) is 5.81. The normalized spacial score (nSPS) is 20.9. The van der Waals surface area contributed by atoms with Crippen LogP contribution in [0.25, 0.3) is 0 Å². The van der Waals surface area contributed by atoms with Crippen LogP contribution >= 0.6 is 0 Å². The van der Waals surface area contributed by atoms with E-state index in [1.165, 1.54) is 0 Å². The van der Waals surface area contributed by atoms with Crippen LogP contribution in [0.3, 0.4) is 0 Å². The minimum atomic E-state index is -0.613. The van der Waals surface area contributed by atoms with Crippen molar-refractivity contribution in [2.24, 2.45) is 11.1 Å². The second kappa shape index (κ2) is 3.87. The highest BCUT2D eigenvalue weighted by molar-refractivity contribution is 5.50. The smallest absolute Gasteiger partial charge is 0.231 e. The molecular formula is C13H14N2O3. The van der Waals surface area contributed by atoms with Crippen molar-refractivity contribution in [3.63, 3.8) is 0 Å². The van der Waals surface area contributed by atoms with Crippen LogP contribution in [0, 0.1) is 23.7 Å². The Morgan fingerprint density at radius 2 is 2.00 bits per heavy atom. The van der Waals surface area contributed by atoms with E-state index in [1.807, 2.05) is 19.1 Å². The number of benzene rings is 1. The van der Waals surface area contributed by atoms with E-state index in [9.17, 15) is 5.26 Å². The van der Waals surface area contributed by atoms with Crippen molar-refractivity contribution in [3.8, 4) is 17.6 Å². The zero-order valence-corrected chi connectivity index (χ0v) is 10.1. The molecule has 1 atom stereocenters. The number of nitrogens with zero attached hydrogens (tertiary/aromatic N) is 1. The number of aryl methyl sites for hydroxylation is 1. The third-order valence-electron chi connectivity index (χ3n) is 3.63. The summed E-state index contributed by atoms with van der Waals surface area (Å²) in [6.07, 6.45) is 0. The number of nitriles is 1. The Labute approximate surface area is 105 Å². The van der Waals surface area contributed by atoms with Crippen LogP contribution < -0.4 is 15.2 Å². The maximum atomic E-state index is 9.29. The summed E-state index contributed by atoms with van der Waals surface area (Å²) in [6, 6.07) is 5.70. The van der Waals surface area contributed by atoms with E-state index in [2.05, 4.69) is 6.07 Å². The summed E-state index contributed by atoms with van der Waals surface area (Å²) in [5, 5.41) is 9.29. The largest absolute Gasteiger partial charge is 0.454 e. The van der Waals surface area contributed by atoms with E-state index in [-0.39, 0.29) is 12.8 Å². The molecule has 0 amide bonds. The fraction of sp³-hybridized carbons (Fsp3) is 0.462. The lowest BCUT2D eigenvalue weighted by Crippen LogP contribution is -2.49. The molecule has 2 N–H and O–H groups in total. The van der Waals surface area contributed by atoms with Crippen molar-refractivity contribution >= 4 is 0 Å². The van der Waals surface area contributed by atoms with Crippen LogP contribution in [0.5, 0.6) is 11.5 Å². The van der Waals surface area contributed by atoms with Crippen molar-refractivity contribution in [1.82, 2.24) is 0 Å². The number of hydrogen-bond donors (Lipinski definition) is 1. The molecule has 2 aliphatic heterocycles. The summed E-state index contributed by atoms with van der Waals surface area (Å²) in [6.45, 7) is 2.97. The molecule has 2 aliphatic rings. The zero-order valence-electron chi connectivity index (χ0n) is 10.1. The molecule has 0 saturated carbocycles. The molecule has 2 heterocycles. The number of nitrogens with two attached hydrogens (primary N) is 1. The Hall–Kier alpha value is -1.77. The summed E-state index contributed by atoms with van der Waals surface area (Å²) in [5.74, 6) is 1.43. The van der Waals surface area contributed by atoms with Crippen LogP contribution in [0.4, 0.5) is 0 Å². The Morgan fingerprint density at radius 3 is 2.56 bits per heavy atom. The summed E-state index contributed by atoms with van der Waals surface area (Å²) >= 11 is 0. The van der Waals surface area contributed by atoms with Gasteiger partial charge in [0.15, 0.2) is 11.5 Å². The molecule has 1 saturated heterocycles. The molecule has 5 nitrogen and oxygen atoms in total. The van der Waals surface area contributed by atoms with Gasteiger partial charge in [0.25, 0.3) is 0 Å². The molecule has 94 valence electrons. The van der Waals surface area contributed by atoms with Gasteiger partial charge < -0.3 is 19.9 Å². The molecule has 0 spiro atoms. The molecule has 18 heavy (non-hydrogen) atoms. The quantitative estimate of drug-likeness (QED) is 0.850. The van der Waals surface area contributed by atoms with Crippen molar-refractivity contribution in [2.45, 2.75) is 13.0 Å². The van der Waals surface area contributed by atoms with Crippen LogP contribution in [0.15, 0.2) is 12.1 Å². The van der Waals surface area contributed by atoms with Gasteiger partial charge in [0.2, 0.25) is 6.79 Å². The van der Waals surface area contributed by atoms with Gasteiger partial charge in [-0.2, -0.15) is 5.26 Å².